The van der Waals surface area contributed by atoms with Gasteiger partial charge in [-0.1, -0.05) is 23.7 Å². The Balaban J connectivity index is 1.49. The van der Waals surface area contributed by atoms with Crippen LogP contribution in [0.2, 0.25) is 5.02 Å². The lowest BCUT2D eigenvalue weighted by Crippen LogP contribution is -2.49. The lowest BCUT2D eigenvalue weighted by Gasteiger charge is -2.35. The second kappa shape index (κ2) is 10.6. The Labute approximate surface area is 211 Å². The number of halogens is 2. The minimum atomic E-state index is -1.46. The van der Waals surface area contributed by atoms with Gasteiger partial charge in [-0.25, -0.2) is 9.37 Å². The highest BCUT2D eigenvalue weighted by molar-refractivity contribution is 7.89. The first-order chi connectivity index (χ1) is 16.8. The summed E-state index contributed by atoms with van der Waals surface area (Å²) in [5.74, 6) is -0.0548. The topological polar surface area (TPSA) is 86.5 Å². The van der Waals surface area contributed by atoms with Gasteiger partial charge in [-0.2, -0.15) is 5.26 Å². The standard InChI is InChI=1S/C25H23ClFN5O2S/c1-30(2)25(33)22-7-6-17(13-23(22)26)19-12-18(15-28)24(29-16-19)31-8-10-32(11-9-31)35(34)21-5-3-4-20(27)14-21/h3-7,12-14,16H,8-11H2,1-2H3. The molecule has 3 aromatic rings. The minimum Gasteiger partial charge on any atom is -0.593 e. The summed E-state index contributed by atoms with van der Waals surface area (Å²) < 4.78 is 28.1. The summed E-state index contributed by atoms with van der Waals surface area (Å²) in [6.45, 7) is 2.01. The van der Waals surface area contributed by atoms with Gasteiger partial charge in [0.15, 0.2) is 4.90 Å². The predicted octanol–water partition coefficient (Wildman–Crippen LogP) is 3.96. The number of nitrogens with zero attached hydrogens (tertiary/aromatic N) is 5. The number of aromatic nitrogens is 1. The second-order valence-electron chi connectivity index (χ2n) is 8.22. The Morgan fingerprint density at radius 1 is 1.14 bits per heavy atom. The maximum absolute atomic E-state index is 13.5. The number of carbonyl (C=O) groups excluding carboxylic acids is 1. The van der Waals surface area contributed by atoms with Gasteiger partial charge < -0.3 is 14.4 Å². The fourth-order valence-electron chi connectivity index (χ4n) is 3.85. The van der Waals surface area contributed by atoms with Gasteiger partial charge in [0.1, 0.15) is 17.7 Å². The molecule has 4 rings (SSSR count). The monoisotopic (exact) mass is 511 g/mol. The SMILES string of the molecule is CN(C)C(=O)c1ccc(-c2cnc(N3CCN([S+]([O-])c4cccc(F)c4)CC3)c(C#N)c2)cc1Cl. The molecule has 2 heterocycles. The van der Waals surface area contributed by atoms with Gasteiger partial charge >= 0.3 is 0 Å². The zero-order chi connectivity index (χ0) is 25.1. The summed E-state index contributed by atoms with van der Waals surface area (Å²) >= 11 is 4.89. The number of hydrogen-bond donors (Lipinski definition) is 0. The molecule has 1 aromatic heterocycles. The van der Waals surface area contributed by atoms with E-state index in [1.807, 2.05) is 4.90 Å². The molecule has 1 aliphatic rings. The molecular formula is C25H23ClFN5O2S. The average Bonchev–Trinajstić information content (AvgIpc) is 2.87. The molecule has 10 heteroatoms. The number of amides is 1. The molecule has 0 N–H and O–H groups in total. The summed E-state index contributed by atoms with van der Waals surface area (Å²) in [6.07, 6.45) is 1.67. The number of nitriles is 1. The molecule has 0 aliphatic carbocycles. The molecule has 0 spiro atoms. The fraction of sp³-hybridized carbons (Fsp3) is 0.240. The van der Waals surface area contributed by atoms with Crippen molar-refractivity contribution in [2.24, 2.45) is 0 Å². The van der Waals surface area contributed by atoms with Gasteiger partial charge in [-0.3, -0.25) is 4.79 Å². The Morgan fingerprint density at radius 3 is 2.51 bits per heavy atom. The van der Waals surface area contributed by atoms with Crippen LogP contribution < -0.4 is 4.90 Å². The highest BCUT2D eigenvalue weighted by Crippen LogP contribution is 2.30. The summed E-state index contributed by atoms with van der Waals surface area (Å²) in [4.78, 5) is 20.6. The molecule has 1 saturated heterocycles. The van der Waals surface area contributed by atoms with Crippen LogP contribution in [-0.2, 0) is 11.4 Å². The summed E-state index contributed by atoms with van der Waals surface area (Å²) in [7, 11) is 3.32. The maximum Gasteiger partial charge on any atom is 0.254 e. The number of rotatable bonds is 5. The third kappa shape index (κ3) is 5.41. The molecule has 1 amide bonds. The molecule has 0 saturated carbocycles. The van der Waals surface area contributed by atoms with Crippen molar-refractivity contribution in [1.29, 1.82) is 5.26 Å². The van der Waals surface area contributed by atoms with Crippen molar-refractivity contribution < 1.29 is 13.7 Å². The quantitative estimate of drug-likeness (QED) is 0.482. The predicted molar refractivity (Wildman–Crippen MR) is 134 cm³/mol. The molecule has 0 bridgehead atoms. The van der Waals surface area contributed by atoms with Gasteiger partial charge in [0.25, 0.3) is 5.91 Å². The van der Waals surface area contributed by atoms with Gasteiger partial charge in [-0.05, 0) is 35.9 Å². The number of hydrogen-bond acceptors (Lipinski definition) is 6. The van der Waals surface area contributed by atoms with Gasteiger partial charge in [0.2, 0.25) is 0 Å². The fourth-order valence-corrected chi connectivity index (χ4v) is 5.31. The van der Waals surface area contributed by atoms with Crippen LogP contribution in [0.3, 0.4) is 0 Å². The van der Waals surface area contributed by atoms with Crippen LogP contribution in [0.15, 0.2) is 59.6 Å². The molecule has 35 heavy (non-hydrogen) atoms. The minimum absolute atomic E-state index is 0.190. The lowest BCUT2D eigenvalue weighted by molar-refractivity contribution is 0.0828. The first-order valence-electron chi connectivity index (χ1n) is 10.9. The third-order valence-electron chi connectivity index (χ3n) is 5.70. The van der Waals surface area contributed by atoms with Crippen molar-refractivity contribution in [3.05, 3.63) is 76.7 Å². The van der Waals surface area contributed by atoms with E-state index in [9.17, 15) is 19.0 Å². The maximum atomic E-state index is 13.5. The van der Waals surface area contributed by atoms with E-state index >= 15 is 0 Å². The van der Waals surface area contributed by atoms with Crippen LogP contribution in [0.4, 0.5) is 10.2 Å². The summed E-state index contributed by atoms with van der Waals surface area (Å²) in [5, 5.41) is 10.1. The zero-order valence-corrected chi connectivity index (χ0v) is 20.8. The Bertz CT molecular complexity index is 1290. The van der Waals surface area contributed by atoms with Crippen molar-refractivity contribution in [3.8, 4) is 17.2 Å². The zero-order valence-electron chi connectivity index (χ0n) is 19.2. The van der Waals surface area contributed by atoms with E-state index in [-0.39, 0.29) is 5.91 Å². The van der Waals surface area contributed by atoms with Crippen molar-refractivity contribution in [3.63, 3.8) is 0 Å². The molecule has 180 valence electrons. The smallest absolute Gasteiger partial charge is 0.254 e. The molecule has 2 aromatic carbocycles. The van der Waals surface area contributed by atoms with Crippen molar-refractivity contribution in [2.75, 3.05) is 45.2 Å². The van der Waals surface area contributed by atoms with E-state index in [1.54, 1.807) is 61.0 Å². The van der Waals surface area contributed by atoms with Gasteiger partial charge in [0.05, 0.1) is 40.6 Å². The van der Waals surface area contributed by atoms with E-state index in [4.69, 9.17) is 11.6 Å². The van der Waals surface area contributed by atoms with Gasteiger partial charge in [-0.15, -0.1) is 4.31 Å². The number of piperazine rings is 1. The van der Waals surface area contributed by atoms with Crippen molar-refractivity contribution in [1.82, 2.24) is 14.2 Å². The normalized spacial score (nSPS) is 14.9. The number of benzene rings is 2. The molecular weight excluding hydrogens is 489 g/mol. The van der Waals surface area contributed by atoms with Crippen LogP contribution in [0.25, 0.3) is 11.1 Å². The Kier molecular flexibility index (Phi) is 7.57. The number of anilines is 1. The van der Waals surface area contributed by atoms with Gasteiger partial charge in [0, 0.05) is 45.0 Å². The first kappa shape index (κ1) is 24.9. The second-order valence-corrected chi connectivity index (χ2v) is 10.1. The first-order valence-corrected chi connectivity index (χ1v) is 12.4. The Hall–Kier alpha value is -3.16. The Morgan fingerprint density at radius 2 is 1.89 bits per heavy atom. The van der Waals surface area contributed by atoms with E-state index in [2.05, 4.69) is 11.1 Å². The average molecular weight is 512 g/mol. The molecule has 1 fully saturated rings. The number of carbonyl (C=O) groups is 1. The largest absolute Gasteiger partial charge is 0.593 e. The van der Waals surface area contributed by atoms with E-state index in [1.165, 1.54) is 17.0 Å². The van der Waals surface area contributed by atoms with Crippen LogP contribution in [0.5, 0.6) is 0 Å². The number of pyridine rings is 1. The molecule has 1 atom stereocenters. The molecule has 1 unspecified atom stereocenters. The molecule has 1 aliphatic heterocycles. The van der Waals surface area contributed by atoms with E-state index < -0.39 is 17.2 Å². The van der Waals surface area contributed by atoms with Crippen LogP contribution in [-0.4, -0.2) is 64.9 Å². The van der Waals surface area contributed by atoms with Crippen LogP contribution in [0, 0.1) is 17.1 Å². The van der Waals surface area contributed by atoms with E-state index in [0.717, 1.165) is 5.56 Å². The molecule has 0 radical (unpaired) electrons. The van der Waals surface area contributed by atoms with E-state index in [0.29, 0.717) is 58.6 Å². The highest BCUT2D eigenvalue weighted by atomic mass is 35.5. The van der Waals surface area contributed by atoms with Crippen molar-refractivity contribution in [2.45, 2.75) is 4.90 Å². The lowest BCUT2D eigenvalue weighted by atomic mass is 10.0. The van der Waals surface area contributed by atoms with Crippen LogP contribution >= 0.6 is 11.6 Å². The summed E-state index contributed by atoms with van der Waals surface area (Å²) in [5.41, 5.74) is 2.27. The molecule has 7 nitrogen and oxygen atoms in total. The third-order valence-corrected chi connectivity index (χ3v) is 7.50. The van der Waals surface area contributed by atoms with Crippen molar-refractivity contribution >= 4 is 34.7 Å². The highest BCUT2D eigenvalue weighted by Gasteiger charge is 2.29. The summed E-state index contributed by atoms with van der Waals surface area (Å²) in [6, 6.07) is 14.9. The van der Waals surface area contributed by atoms with Crippen LogP contribution in [0.1, 0.15) is 15.9 Å².